The molecule has 0 aromatic heterocycles. The minimum atomic E-state index is -0.110. The maximum absolute atomic E-state index is 10.8. The lowest BCUT2D eigenvalue weighted by atomic mass is 10.3. The SMILES string of the molecule is CCC=C1NC(=O)C=C1OC. The number of amides is 1. The Morgan fingerprint density at radius 3 is 3.00 bits per heavy atom. The van der Waals surface area contributed by atoms with Crippen molar-refractivity contribution < 1.29 is 9.53 Å². The van der Waals surface area contributed by atoms with Crippen LogP contribution in [0.15, 0.2) is 23.6 Å². The molecule has 1 heterocycles. The van der Waals surface area contributed by atoms with E-state index in [4.69, 9.17) is 4.74 Å². The van der Waals surface area contributed by atoms with Gasteiger partial charge in [0.2, 0.25) is 0 Å². The van der Waals surface area contributed by atoms with Crippen molar-refractivity contribution in [1.82, 2.24) is 5.32 Å². The van der Waals surface area contributed by atoms with Crippen LogP contribution in [0.4, 0.5) is 0 Å². The summed E-state index contributed by atoms with van der Waals surface area (Å²) >= 11 is 0. The van der Waals surface area contributed by atoms with Crippen molar-refractivity contribution in [3.05, 3.63) is 23.6 Å². The third-order valence-corrected chi connectivity index (χ3v) is 1.41. The van der Waals surface area contributed by atoms with Crippen molar-refractivity contribution in [3.8, 4) is 0 Å². The maximum atomic E-state index is 10.8. The molecule has 1 rings (SSSR count). The first kappa shape index (κ1) is 7.85. The quantitative estimate of drug-likeness (QED) is 0.641. The van der Waals surface area contributed by atoms with Crippen molar-refractivity contribution in [2.75, 3.05) is 7.11 Å². The highest BCUT2D eigenvalue weighted by Crippen LogP contribution is 2.13. The van der Waals surface area contributed by atoms with Crippen LogP contribution in [0.3, 0.4) is 0 Å². The Morgan fingerprint density at radius 1 is 1.73 bits per heavy atom. The molecule has 0 unspecified atom stereocenters. The Balaban J connectivity index is 2.79. The lowest BCUT2D eigenvalue weighted by Crippen LogP contribution is -2.13. The first-order valence-corrected chi connectivity index (χ1v) is 3.55. The zero-order valence-electron chi connectivity index (χ0n) is 6.68. The van der Waals surface area contributed by atoms with Crippen LogP contribution in [0.5, 0.6) is 0 Å². The Bertz CT molecular complexity index is 228. The molecule has 0 aromatic rings. The number of rotatable bonds is 2. The van der Waals surface area contributed by atoms with Gasteiger partial charge in [-0.25, -0.2) is 0 Å². The summed E-state index contributed by atoms with van der Waals surface area (Å²) in [6.07, 6.45) is 4.25. The van der Waals surface area contributed by atoms with Crippen LogP contribution in [0.1, 0.15) is 13.3 Å². The minimum absolute atomic E-state index is 0.110. The molecule has 1 aliphatic rings. The summed E-state index contributed by atoms with van der Waals surface area (Å²) in [5, 5.41) is 2.66. The molecular weight excluding hydrogens is 142 g/mol. The van der Waals surface area contributed by atoms with Crippen molar-refractivity contribution in [2.45, 2.75) is 13.3 Å². The van der Waals surface area contributed by atoms with Gasteiger partial charge in [0.25, 0.3) is 5.91 Å². The molecule has 0 aliphatic carbocycles. The predicted molar refractivity (Wildman–Crippen MR) is 41.6 cm³/mol. The molecule has 1 aliphatic heterocycles. The zero-order valence-corrected chi connectivity index (χ0v) is 6.68. The van der Waals surface area contributed by atoms with E-state index in [1.165, 1.54) is 6.08 Å². The normalized spacial score (nSPS) is 20.0. The van der Waals surface area contributed by atoms with Gasteiger partial charge in [0, 0.05) is 6.08 Å². The average molecular weight is 153 g/mol. The molecule has 0 saturated carbocycles. The predicted octanol–water partition coefficient (Wildman–Crippen LogP) is 0.940. The molecule has 60 valence electrons. The second-order valence-corrected chi connectivity index (χ2v) is 2.23. The van der Waals surface area contributed by atoms with Gasteiger partial charge < -0.3 is 10.1 Å². The second kappa shape index (κ2) is 3.23. The van der Waals surface area contributed by atoms with E-state index in [0.717, 1.165) is 12.1 Å². The van der Waals surface area contributed by atoms with Crippen LogP contribution in [-0.2, 0) is 9.53 Å². The molecule has 0 bridgehead atoms. The van der Waals surface area contributed by atoms with Crippen LogP contribution in [0, 0.1) is 0 Å². The maximum Gasteiger partial charge on any atom is 0.252 e. The summed E-state index contributed by atoms with van der Waals surface area (Å²) in [7, 11) is 1.55. The van der Waals surface area contributed by atoms with E-state index in [9.17, 15) is 4.79 Å². The molecule has 3 nitrogen and oxygen atoms in total. The molecule has 3 heteroatoms. The molecule has 1 N–H and O–H groups in total. The van der Waals surface area contributed by atoms with E-state index < -0.39 is 0 Å². The number of allylic oxidation sites excluding steroid dienone is 1. The van der Waals surface area contributed by atoms with Gasteiger partial charge in [-0.1, -0.05) is 13.0 Å². The highest BCUT2D eigenvalue weighted by Gasteiger charge is 2.16. The molecule has 0 fully saturated rings. The topological polar surface area (TPSA) is 38.3 Å². The smallest absolute Gasteiger partial charge is 0.252 e. The zero-order chi connectivity index (χ0) is 8.27. The van der Waals surface area contributed by atoms with Crippen LogP contribution in [0.2, 0.25) is 0 Å². The molecular formula is C8H11NO2. The summed E-state index contributed by atoms with van der Waals surface area (Å²) in [6, 6.07) is 0. The fourth-order valence-electron chi connectivity index (χ4n) is 0.952. The van der Waals surface area contributed by atoms with Crippen LogP contribution >= 0.6 is 0 Å². The third kappa shape index (κ3) is 1.61. The Kier molecular flexibility index (Phi) is 2.31. The van der Waals surface area contributed by atoms with E-state index in [-0.39, 0.29) is 5.91 Å². The monoisotopic (exact) mass is 153 g/mol. The minimum Gasteiger partial charge on any atom is -0.494 e. The summed E-state index contributed by atoms with van der Waals surface area (Å²) < 4.78 is 4.96. The summed E-state index contributed by atoms with van der Waals surface area (Å²) in [5.74, 6) is 0.512. The lowest BCUT2D eigenvalue weighted by molar-refractivity contribution is -0.115. The lowest BCUT2D eigenvalue weighted by Gasteiger charge is -2.01. The van der Waals surface area contributed by atoms with Crippen LogP contribution < -0.4 is 5.32 Å². The standard InChI is InChI=1S/C8H11NO2/c1-3-4-6-7(11-2)5-8(10)9-6/h4-5H,3H2,1-2H3,(H,9,10). The fourth-order valence-corrected chi connectivity index (χ4v) is 0.952. The number of carbonyl (C=O) groups excluding carboxylic acids is 1. The Labute approximate surface area is 65.7 Å². The van der Waals surface area contributed by atoms with Gasteiger partial charge in [-0.15, -0.1) is 0 Å². The van der Waals surface area contributed by atoms with Crippen molar-refractivity contribution >= 4 is 5.91 Å². The molecule has 0 spiro atoms. The van der Waals surface area contributed by atoms with Gasteiger partial charge in [0.1, 0.15) is 5.76 Å². The molecule has 1 amide bonds. The fraction of sp³-hybridized carbons (Fsp3) is 0.375. The van der Waals surface area contributed by atoms with Gasteiger partial charge in [0.05, 0.1) is 12.8 Å². The average Bonchev–Trinajstić information content (AvgIpc) is 2.32. The van der Waals surface area contributed by atoms with Gasteiger partial charge in [-0.2, -0.15) is 0 Å². The number of ether oxygens (including phenoxy) is 1. The van der Waals surface area contributed by atoms with E-state index in [1.54, 1.807) is 7.11 Å². The molecule has 0 aromatic carbocycles. The number of hydrogen-bond acceptors (Lipinski definition) is 2. The Morgan fingerprint density at radius 2 is 2.45 bits per heavy atom. The summed E-state index contributed by atoms with van der Waals surface area (Å²) in [6.45, 7) is 2.00. The number of methoxy groups -OCH3 is 1. The van der Waals surface area contributed by atoms with E-state index in [2.05, 4.69) is 5.32 Å². The molecule has 0 saturated heterocycles. The van der Waals surface area contributed by atoms with Crippen molar-refractivity contribution in [3.63, 3.8) is 0 Å². The second-order valence-electron chi connectivity index (χ2n) is 2.23. The third-order valence-electron chi connectivity index (χ3n) is 1.41. The van der Waals surface area contributed by atoms with Crippen LogP contribution in [0.25, 0.3) is 0 Å². The van der Waals surface area contributed by atoms with Gasteiger partial charge in [-0.3, -0.25) is 4.79 Å². The molecule has 11 heavy (non-hydrogen) atoms. The van der Waals surface area contributed by atoms with Gasteiger partial charge in [0.15, 0.2) is 0 Å². The molecule has 0 radical (unpaired) electrons. The Hall–Kier alpha value is -1.25. The van der Waals surface area contributed by atoms with Gasteiger partial charge >= 0.3 is 0 Å². The first-order chi connectivity index (χ1) is 5.27. The highest BCUT2D eigenvalue weighted by molar-refractivity contribution is 5.94. The largest absolute Gasteiger partial charge is 0.494 e. The van der Waals surface area contributed by atoms with E-state index in [0.29, 0.717) is 5.76 Å². The van der Waals surface area contributed by atoms with Crippen molar-refractivity contribution in [1.29, 1.82) is 0 Å². The number of carbonyl (C=O) groups is 1. The first-order valence-electron chi connectivity index (χ1n) is 3.55. The van der Waals surface area contributed by atoms with Crippen molar-refractivity contribution in [2.24, 2.45) is 0 Å². The van der Waals surface area contributed by atoms with E-state index >= 15 is 0 Å². The van der Waals surface area contributed by atoms with Gasteiger partial charge in [-0.05, 0) is 6.42 Å². The molecule has 0 atom stereocenters. The summed E-state index contributed by atoms with van der Waals surface area (Å²) in [5.41, 5.74) is 0.778. The van der Waals surface area contributed by atoms with Crippen LogP contribution in [-0.4, -0.2) is 13.0 Å². The highest BCUT2D eigenvalue weighted by atomic mass is 16.5. The number of nitrogens with one attached hydrogen (secondary N) is 1. The van der Waals surface area contributed by atoms with E-state index in [1.807, 2.05) is 13.0 Å². The number of hydrogen-bond donors (Lipinski definition) is 1. The summed E-state index contributed by atoms with van der Waals surface area (Å²) in [4.78, 5) is 10.8.